The SMILES string of the molecule is CC(CC(=O)N(CCBr)C1CCCC1)C(C)(C)C. The summed E-state index contributed by atoms with van der Waals surface area (Å²) in [5.74, 6) is 0.785. The van der Waals surface area contributed by atoms with Crippen LogP contribution < -0.4 is 0 Å². The van der Waals surface area contributed by atoms with E-state index in [1.807, 2.05) is 0 Å². The summed E-state index contributed by atoms with van der Waals surface area (Å²) in [5.41, 5.74) is 0.214. The molecule has 106 valence electrons. The molecule has 0 aromatic heterocycles. The molecule has 3 heteroatoms. The Kier molecular flexibility index (Phi) is 6.16. The van der Waals surface area contributed by atoms with Crippen molar-refractivity contribution in [2.75, 3.05) is 11.9 Å². The third-order valence-corrected chi connectivity index (χ3v) is 4.73. The fourth-order valence-electron chi connectivity index (χ4n) is 2.50. The van der Waals surface area contributed by atoms with Crippen molar-refractivity contribution >= 4 is 21.8 Å². The van der Waals surface area contributed by atoms with Crippen LogP contribution >= 0.6 is 15.9 Å². The molecule has 18 heavy (non-hydrogen) atoms. The van der Waals surface area contributed by atoms with Crippen LogP contribution in [0.25, 0.3) is 0 Å². The average molecular weight is 318 g/mol. The predicted molar refractivity (Wildman–Crippen MR) is 81.0 cm³/mol. The molecular formula is C15H28BrNO. The van der Waals surface area contributed by atoms with Crippen molar-refractivity contribution in [1.82, 2.24) is 4.90 Å². The average Bonchev–Trinajstić information content (AvgIpc) is 2.77. The highest BCUT2D eigenvalue weighted by molar-refractivity contribution is 9.09. The Labute approximate surface area is 121 Å². The van der Waals surface area contributed by atoms with Gasteiger partial charge >= 0.3 is 0 Å². The number of nitrogens with zero attached hydrogens (tertiary/aromatic N) is 1. The van der Waals surface area contributed by atoms with Crippen molar-refractivity contribution in [3.05, 3.63) is 0 Å². The van der Waals surface area contributed by atoms with Crippen molar-refractivity contribution in [3.8, 4) is 0 Å². The standard InChI is InChI=1S/C15H28BrNO/c1-12(15(2,3)4)11-14(18)17(10-9-16)13-7-5-6-8-13/h12-13H,5-11H2,1-4H3. The fraction of sp³-hybridized carbons (Fsp3) is 0.933. The molecule has 0 bridgehead atoms. The van der Waals surface area contributed by atoms with E-state index >= 15 is 0 Å². The zero-order chi connectivity index (χ0) is 13.8. The molecule has 1 atom stereocenters. The van der Waals surface area contributed by atoms with Gasteiger partial charge in [0.15, 0.2) is 0 Å². The lowest BCUT2D eigenvalue weighted by Crippen LogP contribution is -2.41. The van der Waals surface area contributed by atoms with Gasteiger partial charge < -0.3 is 4.90 Å². The number of hydrogen-bond donors (Lipinski definition) is 0. The third-order valence-electron chi connectivity index (χ3n) is 4.37. The van der Waals surface area contributed by atoms with Crippen molar-refractivity contribution in [1.29, 1.82) is 0 Å². The van der Waals surface area contributed by atoms with Gasteiger partial charge in [-0.05, 0) is 24.2 Å². The number of hydrogen-bond acceptors (Lipinski definition) is 1. The van der Waals surface area contributed by atoms with Gasteiger partial charge in [0.1, 0.15) is 0 Å². The van der Waals surface area contributed by atoms with Gasteiger partial charge in [0.25, 0.3) is 0 Å². The minimum atomic E-state index is 0.214. The summed E-state index contributed by atoms with van der Waals surface area (Å²) in [4.78, 5) is 14.6. The molecule has 1 fully saturated rings. The van der Waals surface area contributed by atoms with Crippen LogP contribution in [0.2, 0.25) is 0 Å². The number of carbonyl (C=O) groups is 1. The molecular weight excluding hydrogens is 290 g/mol. The third kappa shape index (κ3) is 4.56. The van der Waals surface area contributed by atoms with Gasteiger partial charge in [-0.3, -0.25) is 4.79 Å². The van der Waals surface area contributed by atoms with Crippen molar-refractivity contribution < 1.29 is 4.79 Å². The van der Waals surface area contributed by atoms with E-state index in [0.29, 0.717) is 24.3 Å². The molecule has 0 aromatic rings. The number of halogens is 1. The summed E-state index contributed by atoms with van der Waals surface area (Å²) in [6.45, 7) is 9.71. The maximum Gasteiger partial charge on any atom is 0.223 e. The zero-order valence-electron chi connectivity index (χ0n) is 12.3. The highest BCUT2D eigenvalue weighted by Gasteiger charge is 2.29. The molecule has 0 aliphatic heterocycles. The van der Waals surface area contributed by atoms with Gasteiger partial charge in [-0.15, -0.1) is 0 Å². The molecule has 1 aliphatic rings. The van der Waals surface area contributed by atoms with E-state index in [1.54, 1.807) is 0 Å². The summed E-state index contributed by atoms with van der Waals surface area (Å²) in [6.07, 6.45) is 5.65. The molecule has 0 N–H and O–H groups in total. The first kappa shape index (κ1) is 16.0. The van der Waals surface area contributed by atoms with Crippen molar-refractivity contribution in [2.45, 2.75) is 65.8 Å². The first-order valence-electron chi connectivity index (χ1n) is 7.21. The summed E-state index contributed by atoms with van der Waals surface area (Å²) >= 11 is 3.48. The van der Waals surface area contributed by atoms with Gasteiger partial charge in [0, 0.05) is 24.3 Å². The van der Waals surface area contributed by atoms with E-state index < -0.39 is 0 Å². The molecule has 1 amide bonds. The first-order valence-corrected chi connectivity index (χ1v) is 8.34. The van der Waals surface area contributed by atoms with Crippen LogP contribution in [0, 0.1) is 11.3 Å². The monoisotopic (exact) mass is 317 g/mol. The normalized spacial score (nSPS) is 18.9. The van der Waals surface area contributed by atoms with Gasteiger partial charge in [0.2, 0.25) is 5.91 Å². The number of rotatable bonds is 5. The van der Waals surface area contributed by atoms with E-state index in [1.165, 1.54) is 25.7 Å². The number of carbonyl (C=O) groups excluding carboxylic acids is 1. The Balaban J connectivity index is 2.59. The molecule has 1 rings (SSSR count). The Bertz CT molecular complexity index is 266. The lowest BCUT2D eigenvalue weighted by molar-refractivity contribution is -0.134. The summed E-state index contributed by atoms with van der Waals surface area (Å²) < 4.78 is 0. The molecule has 0 aromatic carbocycles. The largest absolute Gasteiger partial charge is 0.339 e. The van der Waals surface area contributed by atoms with Gasteiger partial charge in [-0.2, -0.15) is 0 Å². The summed E-state index contributed by atoms with van der Waals surface area (Å²) in [6, 6.07) is 0.502. The van der Waals surface area contributed by atoms with Gasteiger partial charge in [0.05, 0.1) is 0 Å². The summed E-state index contributed by atoms with van der Waals surface area (Å²) in [7, 11) is 0. The summed E-state index contributed by atoms with van der Waals surface area (Å²) in [5, 5.41) is 0.888. The van der Waals surface area contributed by atoms with E-state index in [4.69, 9.17) is 0 Å². The van der Waals surface area contributed by atoms with Gasteiger partial charge in [-0.1, -0.05) is 56.5 Å². The molecule has 2 nitrogen and oxygen atoms in total. The van der Waals surface area contributed by atoms with Gasteiger partial charge in [-0.25, -0.2) is 0 Å². The molecule has 0 radical (unpaired) electrons. The molecule has 0 saturated heterocycles. The van der Waals surface area contributed by atoms with E-state index in [0.717, 1.165) is 11.9 Å². The maximum atomic E-state index is 12.5. The van der Waals surface area contributed by atoms with Crippen LogP contribution in [0.4, 0.5) is 0 Å². The van der Waals surface area contributed by atoms with Crippen LogP contribution in [0.15, 0.2) is 0 Å². The van der Waals surface area contributed by atoms with E-state index in [-0.39, 0.29) is 5.41 Å². The van der Waals surface area contributed by atoms with E-state index in [9.17, 15) is 4.79 Å². The predicted octanol–water partition coefficient (Wildman–Crippen LogP) is 4.22. The number of alkyl halides is 1. The minimum Gasteiger partial charge on any atom is -0.339 e. The van der Waals surface area contributed by atoms with Crippen LogP contribution in [-0.4, -0.2) is 28.7 Å². The molecule has 0 heterocycles. The maximum absolute atomic E-state index is 12.5. The zero-order valence-corrected chi connectivity index (χ0v) is 13.9. The molecule has 1 unspecified atom stereocenters. The first-order chi connectivity index (χ1) is 8.36. The Hall–Kier alpha value is -0.0500. The lowest BCUT2D eigenvalue weighted by Gasteiger charge is -2.32. The fourth-order valence-corrected chi connectivity index (χ4v) is 2.89. The van der Waals surface area contributed by atoms with Crippen molar-refractivity contribution in [2.24, 2.45) is 11.3 Å². The molecule has 1 aliphatic carbocycles. The van der Waals surface area contributed by atoms with Crippen LogP contribution in [0.3, 0.4) is 0 Å². The lowest BCUT2D eigenvalue weighted by atomic mass is 9.80. The van der Waals surface area contributed by atoms with Crippen LogP contribution in [0.1, 0.15) is 59.8 Å². The Morgan fingerprint density at radius 2 is 1.89 bits per heavy atom. The smallest absolute Gasteiger partial charge is 0.223 e. The highest BCUT2D eigenvalue weighted by Crippen LogP contribution is 2.30. The minimum absolute atomic E-state index is 0.214. The second kappa shape index (κ2) is 6.93. The molecule has 1 saturated carbocycles. The van der Waals surface area contributed by atoms with Crippen LogP contribution in [0.5, 0.6) is 0 Å². The Morgan fingerprint density at radius 3 is 2.33 bits per heavy atom. The van der Waals surface area contributed by atoms with Crippen molar-refractivity contribution in [3.63, 3.8) is 0 Å². The second-order valence-electron chi connectivity index (χ2n) is 6.69. The topological polar surface area (TPSA) is 20.3 Å². The van der Waals surface area contributed by atoms with Crippen LogP contribution in [-0.2, 0) is 4.79 Å². The highest BCUT2D eigenvalue weighted by atomic mass is 79.9. The molecule has 0 spiro atoms. The van der Waals surface area contributed by atoms with E-state index in [2.05, 4.69) is 48.5 Å². The number of amides is 1. The quantitative estimate of drug-likeness (QED) is 0.695. The second-order valence-corrected chi connectivity index (χ2v) is 7.48. The Morgan fingerprint density at radius 1 is 1.33 bits per heavy atom.